The van der Waals surface area contributed by atoms with Gasteiger partial charge in [-0.1, -0.05) is 19.4 Å². The highest BCUT2D eigenvalue weighted by Crippen LogP contribution is 2.33. The van der Waals surface area contributed by atoms with Crippen LogP contribution < -0.4 is 10.2 Å². The topological polar surface area (TPSA) is 72.3 Å². The van der Waals surface area contributed by atoms with E-state index in [1.165, 1.54) is 0 Å². The summed E-state index contributed by atoms with van der Waals surface area (Å²) in [6, 6.07) is 9.72. The molecule has 7 heteroatoms. The number of carbonyl (C=O) groups excluding carboxylic acids is 1. The Hall–Kier alpha value is -2.93. The van der Waals surface area contributed by atoms with Crippen LogP contribution in [-0.2, 0) is 18.2 Å². The number of hydrogen-bond acceptors (Lipinski definition) is 5. The molecule has 0 atom stereocenters. The van der Waals surface area contributed by atoms with Gasteiger partial charge in [-0.25, -0.2) is 0 Å². The zero-order valence-corrected chi connectivity index (χ0v) is 16.3. The number of anilines is 2. The quantitative estimate of drug-likeness (QED) is 0.738. The normalized spacial score (nSPS) is 14.4. The third-order valence-corrected chi connectivity index (χ3v) is 5.02. The van der Waals surface area contributed by atoms with Crippen molar-refractivity contribution in [3.63, 3.8) is 0 Å². The van der Waals surface area contributed by atoms with E-state index < -0.39 is 0 Å². The summed E-state index contributed by atoms with van der Waals surface area (Å²) >= 11 is 0. The van der Waals surface area contributed by atoms with Gasteiger partial charge in [0.25, 0.3) is 5.91 Å². The first-order chi connectivity index (χ1) is 13.7. The fourth-order valence-electron chi connectivity index (χ4n) is 3.64. The van der Waals surface area contributed by atoms with Gasteiger partial charge < -0.3 is 15.0 Å². The van der Waals surface area contributed by atoms with Crippen LogP contribution >= 0.6 is 0 Å². The molecule has 1 saturated heterocycles. The van der Waals surface area contributed by atoms with Crippen molar-refractivity contribution in [2.24, 2.45) is 7.05 Å². The Morgan fingerprint density at radius 2 is 2.07 bits per heavy atom. The summed E-state index contributed by atoms with van der Waals surface area (Å²) < 4.78 is 7.29. The lowest BCUT2D eigenvalue weighted by atomic mass is 10.1. The van der Waals surface area contributed by atoms with E-state index >= 15 is 0 Å². The molecule has 2 aromatic heterocycles. The van der Waals surface area contributed by atoms with Gasteiger partial charge in [0, 0.05) is 37.6 Å². The Morgan fingerprint density at radius 1 is 1.25 bits per heavy atom. The second kappa shape index (κ2) is 7.98. The van der Waals surface area contributed by atoms with Crippen LogP contribution in [-0.4, -0.2) is 47.0 Å². The van der Waals surface area contributed by atoms with Crippen LogP contribution in [0.2, 0.25) is 0 Å². The number of benzene rings is 1. The predicted molar refractivity (Wildman–Crippen MR) is 110 cm³/mol. The number of fused-ring (bicyclic) bond motifs is 1. The van der Waals surface area contributed by atoms with Crippen molar-refractivity contribution in [2.45, 2.75) is 19.8 Å². The maximum Gasteiger partial charge on any atom is 0.257 e. The zero-order valence-electron chi connectivity index (χ0n) is 16.3. The highest BCUT2D eigenvalue weighted by atomic mass is 16.5. The molecule has 146 valence electrons. The van der Waals surface area contributed by atoms with E-state index in [1.807, 2.05) is 29.9 Å². The molecule has 3 heterocycles. The minimum absolute atomic E-state index is 0.170. The molecule has 1 aliphatic heterocycles. The molecule has 1 amide bonds. The van der Waals surface area contributed by atoms with Crippen LogP contribution in [0.1, 0.15) is 29.4 Å². The minimum Gasteiger partial charge on any atom is -0.378 e. The molecular weight excluding hydrogens is 354 g/mol. The van der Waals surface area contributed by atoms with Crippen LogP contribution in [0.25, 0.3) is 10.9 Å². The molecular formula is C21H25N5O2. The Bertz CT molecular complexity index is 992. The van der Waals surface area contributed by atoms with Gasteiger partial charge in [0.2, 0.25) is 0 Å². The summed E-state index contributed by atoms with van der Waals surface area (Å²) in [5, 5.41) is 8.56. The summed E-state index contributed by atoms with van der Waals surface area (Å²) in [6.07, 6.45) is 3.54. The van der Waals surface area contributed by atoms with E-state index in [4.69, 9.17) is 4.74 Å². The molecule has 0 saturated carbocycles. The maximum absolute atomic E-state index is 12.9. The molecule has 1 aromatic carbocycles. The van der Waals surface area contributed by atoms with Crippen LogP contribution in [0.15, 0.2) is 36.5 Å². The number of pyridine rings is 1. The van der Waals surface area contributed by atoms with Gasteiger partial charge in [-0.05, 0) is 30.7 Å². The minimum atomic E-state index is -0.170. The van der Waals surface area contributed by atoms with Crippen molar-refractivity contribution in [1.29, 1.82) is 0 Å². The number of ether oxygens (including phenoxy) is 1. The fourth-order valence-corrected chi connectivity index (χ4v) is 3.64. The second-order valence-electron chi connectivity index (χ2n) is 6.98. The smallest absolute Gasteiger partial charge is 0.257 e. The van der Waals surface area contributed by atoms with Crippen LogP contribution in [0.3, 0.4) is 0 Å². The van der Waals surface area contributed by atoms with Crippen LogP contribution in [0.4, 0.5) is 11.5 Å². The standard InChI is InChI=1S/C21H25N5O2/c1-3-5-16-14-15(8-9-22-16)21(27)23-20-19-17(25(2)24-20)6-4-7-18(19)26-10-12-28-13-11-26/h4,6-9,14H,3,5,10-13H2,1-2H3,(H,23,24,27). The van der Waals surface area contributed by atoms with Crippen molar-refractivity contribution in [2.75, 3.05) is 36.5 Å². The van der Waals surface area contributed by atoms with Gasteiger partial charge in [0.05, 0.1) is 29.8 Å². The van der Waals surface area contributed by atoms with Crippen molar-refractivity contribution < 1.29 is 9.53 Å². The molecule has 0 spiro atoms. The Labute approximate surface area is 164 Å². The fraction of sp³-hybridized carbons (Fsp3) is 0.381. The average Bonchev–Trinajstić information content (AvgIpc) is 3.05. The predicted octanol–water partition coefficient (Wildman–Crippen LogP) is 3.01. The first-order valence-corrected chi connectivity index (χ1v) is 9.72. The lowest BCUT2D eigenvalue weighted by Crippen LogP contribution is -2.36. The lowest BCUT2D eigenvalue weighted by Gasteiger charge is -2.29. The molecule has 1 aliphatic rings. The third-order valence-electron chi connectivity index (χ3n) is 5.02. The van der Waals surface area contributed by atoms with E-state index in [9.17, 15) is 4.79 Å². The number of aromatic nitrogens is 3. The van der Waals surface area contributed by atoms with Crippen LogP contribution in [0, 0.1) is 0 Å². The molecule has 0 aliphatic carbocycles. The van der Waals surface area contributed by atoms with Crippen molar-refractivity contribution >= 4 is 28.3 Å². The van der Waals surface area contributed by atoms with Gasteiger partial charge in [-0.15, -0.1) is 0 Å². The maximum atomic E-state index is 12.9. The zero-order chi connectivity index (χ0) is 19.5. The largest absolute Gasteiger partial charge is 0.378 e. The molecule has 3 aromatic rings. The Balaban J connectivity index is 1.68. The number of hydrogen-bond donors (Lipinski definition) is 1. The molecule has 1 fully saturated rings. The van der Waals surface area contributed by atoms with E-state index in [2.05, 4.69) is 33.3 Å². The molecule has 0 radical (unpaired) electrons. The summed E-state index contributed by atoms with van der Waals surface area (Å²) in [4.78, 5) is 19.5. The Kier molecular flexibility index (Phi) is 5.25. The van der Waals surface area contributed by atoms with Gasteiger partial charge in [0.1, 0.15) is 0 Å². The first-order valence-electron chi connectivity index (χ1n) is 9.72. The SMILES string of the molecule is CCCc1cc(C(=O)Nc2nn(C)c3cccc(N4CCOCC4)c23)ccn1. The first kappa shape index (κ1) is 18.4. The van der Waals surface area contributed by atoms with E-state index in [1.54, 1.807) is 12.3 Å². The molecule has 4 rings (SSSR count). The van der Waals surface area contributed by atoms with Gasteiger partial charge in [0.15, 0.2) is 5.82 Å². The van der Waals surface area contributed by atoms with Gasteiger partial charge in [-0.3, -0.25) is 14.5 Å². The second-order valence-corrected chi connectivity index (χ2v) is 6.98. The molecule has 28 heavy (non-hydrogen) atoms. The van der Waals surface area contributed by atoms with Crippen molar-refractivity contribution in [3.8, 4) is 0 Å². The number of rotatable bonds is 5. The van der Waals surface area contributed by atoms with Crippen LogP contribution in [0.5, 0.6) is 0 Å². The summed E-state index contributed by atoms with van der Waals surface area (Å²) in [6.45, 7) is 5.16. The molecule has 7 nitrogen and oxygen atoms in total. The molecule has 0 bridgehead atoms. The van der Waals surface area contributed by atoms with E-state index in [0.29, 0.717) is 24.6 Å². The number of aryl methyl sites for hydroxylation is 2. The van der Waals surface area contributed by atoms with Crippen molar-refractivity contribution in [3.05, 3.63) is 47.8 Å². The van der Waals surface area contributed by atoms with Crippen molar-refractivity contribution in [1.82, 2.24) is 14.8 Å². The molecule has 1 N–H and O–H groups in total. The van der Waals surface area contributed by atoms with E-state index in [0.717, 1.165) is 48.2 Å². The monoisotopic (exact) mass is 379 g/mol. The number of amides is 1. The number of carbonyl (C=O) groups is 1. The number of nitrogens with zero attached hydrogens (tertiary/aromatic N) is 4. The number of nitrogens with one attached hydrogen (secondary N) is 1. The Morgan fingerprint density at radius 3 is 2.86 bits per heavy atom. The number of morpholine rings is 1. The van der Waals surface area contributed by atoms with Gasteiger partial charge in [-0.2, -0.15) is 5.10 Å². The highest BCUT2D eigenvalue weighted by molar-refractivity contribution is 6.10. The van der Waals surface area contributed by atoms with Gasteiger partial charge >= 0.3 is 0 Å². The highest BCUT2D eigenvalue weighted by Gasteiger charge is 2.20. The average molecular weight is 379 g/mol. The van der Waals surface area contributed by atoms with E-state index in [-0.39, 0.29) is 5.91 Å². The summed E-state index contributed by atoms with van der Waals surface area (Å²) in [5.74, 6) is 0.412. The summed E-state index contributed by atoms with van der Waals surface area (Å²) in [7, 11) is 1.90. The summed E-state index contributed by atoms with van der Waals surface area (Å²) in [5.41, 5.74) is 3.59. The lowest BCUT2D eigenvalue weighted by molar-refractivity contribution is 0.102. The third kappa shape index (κ3) is 3.57. The molecule has 0 unspecified atom stereocenters.